The van der Waals surface area contributed by atoms with Crippen LogP contribution in [0.3, 0.4) is 0 Å². The highest BCUT2D eigenvalue weighted by Gasteiger charge is 2.28. The van der Waals surface area contributed by atoms with Gasteiger partial charge in [-0.05, 0) is 51.2 Å². The first-order valence-corrected chi connectivity index (χ1v) is 6.93. The average molecular weight is 259 g/mol. The van der Waals surface area contributed by atoms with Crippen LogP contribution in [-0.2, 0) is 0 Å². The number of nitriles is 1. The average Bonchev–Trinajstić information content (AvgIpc) is 2.31. The predicted octanol–water partition coefficient (Wildman–Crippen LogP) is 2.31. The van der Waals surface area contributed by atoms with Crippen molar-refractivity contribution in [2.24, 2.45) is 0 Å². The molecule has 0 spiro atoms. The van der Waals surface area contributed by atoms with E-state index in [0.717, 1.165) is 42.9 Å². The number of aliphatic hydroxyl groups is 1. The molecule has 1 heterocycles. The smallest absolute Gasteiger partial charge is 0.147 e. The summed E-state index contributed by atoms with van der Waals surface area (Å²) in [5, 5.41) is 18.4. The van der Waals surface area contributed by atoms with Crippen LogP contribution in [0.25, 0.3) is 0 Å². The van der Waals surface area contributed by atoms with Crippen LogP contribution in [0.4, 0.5) is 5.82 Å². The number of anilines is 1. The lowest BCUT2D eigenvalue weighted by Gasteiger charge is -2.39. The van der Waals surface area contributed by atoms with Crippen LogP contribution in [0.1, 0.15) is 42.5 Å². The van der Waals surface area contributed by atoms with E-state index >= 15 is 0 Å². The first-order chi connectivity index (χ1) is 9.17. The molecule has 2 rings (SSSR count). The molecule has 4 nitrogen and oxygen atoms in total. The standard InChI is InChI=1S/C15H21N3O/c1-11-9-12(2)17-15(14(11)10-16)18(7-4-8-19)13-5-3-6-13/h9,13,19H,3-8H2,1-2H3. The Morgan fingerprint density at radius 1 is 1.47 bits per heavy atom. The lowest BCUT2D eigenvalue weighted by Crippen LogP contribution is -2.42. The molecule has 0 bridgehead atoms. The molecule has 1 N–H and O–H groups in total. The summed E-state index contributed by atoms with van der Waals surface area (Å²) in [5.74, 6) is 0.804. The van der Waals surface area contributed by atoms with Gasteiger partial charge in [0.25, 0.3) is 0 Å². The van der Waals surface area contributed by atoms with E-state index in [0.29, 0.717) is 11.6 Å². The number of nitrogens with zero attached hydrogens (tertiary/aromatic N) is 3. The van der Waals surface area contributed by atoms with Crippen LogP contribution in [0.15, 0.2) is 6.07 Å². The molecule has 19 heavy (non-hydrogen) atoms. The molecule has 0 amide bonds. The summed E-state index contributed by atoms with van der Waals surface area (Å²) >= 11 is 0. The molecule has 1 fully saturated rings. The van der Waals surface area contributed by atoms with Gasteiger partial charge in [-0.2, -0.15) is 5.26 Å². The Kier molecular flexibility index (Phi) is 4.39. The summed E-state index contributed by atoms with van der Waals surface area (Å²) in [6.07, 6.45) is 4.28. The lowest BCUT2D eigenvalue weighted by molar-refractivity contribution is 0.282. The maximum absolute atomic E-state index is 9.37. The second kappa shape index (κ2) is 6.03. The maximum atomic E-state index is 9.37. The minimum absolute atomic E-state index is 0.176. The van der Waals surface area contributed by atoms with Crippen molar-refractivity contribution < 1.29 is 5.11 Å². The molecule has 0 aromatic carbocycles. The number of aliphatic hydroxyl groups excluding tert-OH is 1. The molecule has 1 aliphatic carbocycles. The highest BCUT2D eigenvalue weighted by atomic mass is 16.3. The van der Waals surface area contributed by atoms with E-state index in [1.807, 2.05) is 19.9 Å². The van der Waals surface area contributed by atoms with E-state index in [1.165, 1.54) is 6.42 Å². The molecule has 0 saturated heterocycles. The van der Waals surface area contributed by atoms with Gasteiger partial charge in [0.2, 0.25) is 0 Å². The fraction of sp³-hybridized carbons (Fsp3) is 0.600. The number of aromatic nitrogens is 1. The van der Waals surface area contributed by atoms with Crippen molar-refractivity contribution in [3.05, 3.63) is 22.9 Å². The van der Waals surface area contributed by atoms with Crippen molar-refractivity contribution in [3.63, 3.8) is 0 Å². The minimum atomic E-state index is 0.176. The summed E-state index contributed by atoms with van der Waals surface area (Å²) in [4.78, 5) is 6.80. The monoisotopic (exact) mass is 259 g/mol. The van der Waals surface area contributed by atoms with Gasteiger partial charge in [0.15, 0.2) is 0 Å². The molecule has 102 valence electrons. The van der Waals surface area contributed by atoms with Gasteiger partial charge in [-0.15, -0.1) is 0 Å². The van der Waals surface area contributed by atoms with Crippen molar-refractivity contribution in [1.82, 2.24) is 4.98 Å². The Morgan fingerprint density at radius 3 is 2.74 bits per heavy atom. The van der Waals surface area contributed by atoms with Crippen molar-refractivity contribution in [2.75, 3.05) is 18.1 Å². The summed E-state index contributed by atoms with van der Waals surface area (Å²) in [7, 11) is 0. The second-order valence-corrected chi connectivity index (χ2v) is 5.25. The molecule has 4 heteroatoms. The van der Waals surface area contributed by atoms with Gasteiger partial charge >= 0.3 is 0 Å². The van der Waals surface area contributed by atoms with Crippen molar-refractivity contribution in [2.45, 2.75) is 45.6 Å². The fourth-order valence-corrected chi connectivity index (χ4v) is 2.56. The van der Waals surface area contributed by atoms with E-state index < -0.39 is 0 Å². The molecular weight excluding hydrogens is 238 g/mol. The minimum Gasteiger partial charge on any atom is -0.396 e. The Bertz CT molecular complexity index is 489. The van der Waals surface area contributed by atoms with E-state index in [1.54, 1.807) is 0 Å². The topological polar surface area (TPSA) is 60.2 Å². The summed E-state index contributed by atoms with van der Waals surface area (Å²) in [6.45, 7) is 4.87. The number of pyridine rings is 1. The third kappa shape index (κ3) is 2.87. The van der Waals surface area contributed by atoms with Gasteiger partial charge in [0.1, 0.15) is 11.9 Å². The highest BCUT2D eigenvalue weighted by Crippen LogP contribution is 2.31. The van der Waals surface area contributed by atoms with Gasteiger partial charge in [-0.1, -0.05) is 0 Å². The molecule has 1 aromatic heterocycles. The van der Waals surface area contributed by atoms with Gasteiger partial charge in [0, 0.05) is 24.9 Å². The molecule has 0 radical (unpaired) electrons. The van der Waals surface area contributed by atoms with Crippen LogP contribution in [-0.4, -0.2) is 29.3 Å². The number of aryl methyl sites for hydroxylation is 2. The van der Waals surface area contributed by atoms with Gasteiger partial charge < -0.3 is 10.0 Å². The fourth-order valence-electron chi connectivity index (χ4n) is 2.56. The van der Waals surface area contributed by atoms with E-state index in [-0.39, 0.29) is 6.61 Å². The van der Waals surface area contributed by atoms with Gasteiger partial charge in [-0.3, -0.25) is 0 Å². The Hall–Kier alpha value is -1.60. The van der Waals surface area contributed by atoms with Crippen LogP contribution in [0.2, 0.25) is 0 Å². The Balaban J connectivity index is 2.37. The van der Waals surface area contributed by atoms with E-state index in [9.17, 15) is 5.26 Å². The first kappa shape index (κ1) is 13.8. The number of rotatable bonds is 5. The zero-order valence-corrected chi connectivity index (χ0v) is 11.7. The third-order valence-electron chi connectivity index (χ3n) is 3.78. The summed E-state index contributed by atoms with van der Waals surface area (Å²) < 4.78 is 0. The quantitative estimate of drug-likeness (QED) is 0.881. The van der Waals surface area contributed by atoms with E-state index in [2.05, 4.69) is 16.0 Å². The van der Waals surface area contributed by atoms with Crippen LogP contribution in [0, 0.1) is 25.2 Å². The van der Waals surface area contributed by atoms with E-state index in [4.69, 9.17) is 5.11 Å². The lowest BCUT2D eigenvalue weighted by atomic mass is 9.90. The number of hydrogen-bond acceptors (Lipinski definition) is 4. The zero-order valence-electron chi connectivity index (χ0n) is 11.7. The molecule has 0 atom stereocenters. The molecule has 0 aliphatic heterocycles. The molecule has 1 aromatic rings. The van der Waals surface area contributed by atoms with Gasteiger partial charge in [0.05, 0.1) is 5.56 Å². The Morgan fingerprint density at radius 2 is 2.21 bits per heavy atom. The summed E-state index contributed by atoms with van der Waals surface area (Å²) in [6, 6.07) is 4.71. The van der Waals surface area contributed by atoms with Crippen molar-refractivity contribution in [3.8, 4) is 6.07 Å². The normalized spacial score (nSPS) is 14.8. The number of hydrogen-bond donors (Lipinski definition) is 1. The largest absolute Gasteiger partial charge is 0.396 e. The SMILES string of the molecule is Cc1cc(C)c(C#N)c(N(CCCO)C2CCC2)n1. The second-order valence-electron chi connectivity index (χ2n) is 5.25. The Labute approximate surface area is 114 Å². The predicted molar refractivity (Wildman–Crippen MR) is 75.1 cm³/mol. The van der Waals surface area contributed by atoms with Crippen LogP contribution in [0.5, 0.6) is 0 Å². The molecule has 1 aliphatic rings. The molecular formula is C15H21N3O. The van der Waals surface area contributed by atoms with Crippen LogP contribution < -0.4 is 4.90 Å². The first-order valence-electron chi connectivity index (χ1n) is 6.93. The van der Waals surface area contributed by atoms with Crippen LogP contribution >= 0.6 is 0 Å². The highest BCUT2D eigenvalue weighted by molar-refractivity contribution is 5.58. The molecule has 1 saturated carbocycles. The van der Waals surface area contributed by atoms with Crippen molar-refractivity contribution >= 4 is 5.82 Å². The zero-order chi connectivity index (χ0) is 13.8. The molecule has 0 unspecified atom stereocenters. The third-order valence-corrected chi connectivity index (χ3v) is 3.78. The van der Waals surface area contributed by atoms with Crippen molar-refractivity contribution in [1.29, 1.82) is 5.26 Å². The summed E-state index contributed by atoms with van der Waals surface area (Å²) in [5.41, 5.74) is 2.61. The van der Waals surface area contributed by atoms with Gasteiger partial charge in [-0.25, -0.2) is 4.98 Å². The maximum Gasteiger partial charge on any atom is 0.147 e.